The summed E-state index contributed by atoms with van der Waals surface area (Å²) in [5.41, 5.74) is 1.08. The number of halogens is 2. The Bertz CT molecular complexity index is 576. The van der Waals surface area contributed by atoms with Crippen molar-refractivity contribution >= 4 is 35.8 Å². The van der Waals surface area contributed by atoms with Gasteiger partial charge in [0, 0.05) is 21.1 Å². The molecule has 0 unspecified atom stereocenters. The van der Waals surface area contributed by atoms with Crippen molar-refractivity contribution in [3.63, 3.8) is 0 Å². The Balaban J connectivity index is 2.14. The lowest BCUT2D eigenvalue weighted by Crippen LogP contribution is -2.31. The smallest absolute Gasteiger partial charge is 0.489 e. The Hall–Kier alpha value is -1.20. The molecule has 0 aliphatic heterocycles. The maximum absolute atomic E-state index is 9.22. The third-order valence-electron chi connectivity index (χ3n) is 2.60. The van der Waals surface area contributed by atoms with Crippen LogP contribution in [0.3, 0.4) is 0 Å². The number of benzene rings is 2. The van der Waals surface area contributed by atoms with E-state index in [0.717, 1.165) is 5.56 Å². The molecule has 2 aromatic rings. The van der Waals surface area contributed by atoms with Crippen molar-refractivity contribution in [3.05, 3.63) is 58.1 Å². The summed E-state index contributed by atoms with van der Waals surface area (Å²) in [7, 11) is -1.57. The standard InChI is InChI=1S/C13H11BCl2O3/c15-10-6-5-9(12(16)7-10)8-19-13-4-2-1-3-11(13)14(17)18/h1-7,17-18H,8H2. The molecule has 0 aromatic heterocycles. The molecule has 0 heterocycles. The van der Waals surface area contributed by atoms with Gasteiger partial charge in [-0.05, 0) is 18.2 Å². The molecule has 2 aromatic carbocycles. The topological polar surface area (TPSA) is 49.7 Å². The van der Waals surface area contributed by atoms with Crippen LogP contribution in [-0.4, -0.2) is 17.2 Å². The van der Waals surface area contributed by atoms with Gasteiger partial charge in [-0.3, -0.25) is 0 Å². The lowest BCUT2D eigenvalue weighted by Gasteiger charge is -2.11. The minimum atomic E-state index is -1.57. The first kappa shape index (κ1) is 14.2. The van der Waals surface area contributed by atoms with E-state index in [2.05, 4.69) is 0 Å². The van der Waals surface area contributed by atoms with E-state index >= 15 is 0 Å². The molecule has 19 heavy (non-hydrogen) atoms. The summed E-state index contributed by atoms with van der Waals surface area (Å²) < 4.78 is 5.56. The SMILES string of the molecule is OB(O)c1ccccc1OCc1ccc(Cl)cc1Cl. The Morgan fingerprint density at radius 3 is 2.47 bits per heavy atom. The fourth-order valence-electron chi connectivity index (χ4n) is 1.62. The average molecular weight is 297 g/mol. The average Bonchev–Trinajstić information content (AvgIpc) is 2.38. The molecule has 0 saturated heterocycles. The Labute approximate surface area is 121 Å². The molecule has 98 valence electrons. The van der Waals surface area contributed by atoms with Gasteiger partial charge in [0.05, 0.1) is 0 Å². The fraction of sp³-hybridized carbons (Fsp3) is 0.0769. The molecule has 0 spiro atoms. The molecule has 2 rings (SSSR count). The van der Waals surface area contributed by atoms with E-state index in [1.54, 1.807) is 42.5 Å². The molecular weight excluding hydrogens is 286 g/mol. The molecule has 0 saturated carbocycles. The summed E-state index contributed by atoms with van der Waals surface area (Å²) in [4.78, 5) is 0. The first-order valence-corrected chi connectivity index (χ1v) is 6.35. The van der Waals surface area contributed by atoms with Gasteiger partial charge in [0.1, 0.15) is 12.4 Å². The van der Waals surface area contributed by atoms with E-state index < -0.39 is 7.12 Å². The summed E-state index contributed by atoms with van der Waals surface area (Å²) in [6, 6.07) is 11.8. The Morgan fingerprint density at radius 1 is 1.05 bits per heavy atom. The van der Waals surface area contributed by atoms with Gasteiger partial charge in [-0.15, -0.1) is 0 Å². The van der Waals surface area contributed by atoms with Crippen LogP contribution in [0.5, 0.6) is 5.75 Å². The van der Waals surface area contributed by atoms with Gasteiger partial charge >= 0.3 is 7.12 Å². The third-order valence-corrected chi connectivity index (χ3v) is 3.18. The second-order valence-electron chi connectivity index (χ2n) is 3.94. The maximum atomic E-state index is 9.22. The number of hydrogen-bond donors (Lipinski definition) is 2. The number of ether oxygens (including phenoxy) is 1. The zero-order valence-corrected chi connectivity index (χ0v) is 11.4. The van der Waals surface area contributed by atoms with Crippen LogP contribution in [0.4, 0.5) is 0 Å². The number of rotatable bonds is 4. The maximum Gasteiger partial charge on any atom is 0.492 e. The van der Waals surface area contributed by atoms with E-state index in [-0.39, 0.29) is 6.61 Å². The zero-order valence-electron chi connectivity index (χ0n) is 9.88. The van der Waals surface area contributed by atoms with E-state index in [4.69, 9.17) is 27.9 Å². The molecule has 0 atom stereocenters. The van der Waals surface area contributed by atoms with Crippen LogP contribution in [0, 0.1) is 0 Å². The Morgan fingerprint density at radius 2 is 1.79 bits per heavy atom. The van der Waals surface area contributed by atoms with E-state index in [9.17, 15) is 10.0 Å². The summed E-state index contributed by atoms with van der Waals surface area (Å²) in [6.07, 6.45) is 0. The normalized spacial score (nSPS) is 10.3. The zero-order chi connectivity index (χ0) is 13.8. The van der Waals surface area contributed by atoms with Crippen LogP contribution in [0.25, 0.3) is 0 Å². The van der Waals surface area contributed by atoms with Crippen molar-refractivity contribution in [2.45, 2.75) is 6.61 Å². The minimum Gasteiger partial charge on any atom is -0.489 e. The molecule has 0 bridgehead atoms. The highest BCUT2D eigenvalue weighted by Crippen LogP contribution is 2.22. The van der Waals surface area contributed by atoms with Crippen molar-refractivity contribution in [3.8, 4) is 5.75 Å². The summed E-state index contributed by atoms with van der Waals surface area (Å²) in [6.45, 7) is 0.222. The number of hydrogen-bond acceptors (Lipinski definition) is 3. The molecule has 2 N–H and O–H groups in total. The molecule has 6 heteroatoms. The van der Waals surface area contributed by atoms with Gasteiger partial charge in [0.2, 0.25) is 0 Å². The summed E-state index contributed by atoms with van der Waals surface area (Å²) in [5.74, 6) is 0.406. The van der Waals surface area contributed by atoms with Crippen molar-refractivity contribution in [1.29, 1.82) is 0 Å². The molecule has 0 amide bonds. The molecule has 0 aliphatic rings. The van der Waals surface area contributed by atoms with E-state index in [1.165, 1.54) is 0 Å². The predicted molar refractivity (Wildman–Crippen MR) is 77.1 cm³/mol. The predicted octanol–water partition coefficient (Wildman–Crippen LogP) is 2.25. The molecule has 0 radical (unpaired) electrons. The third kappa shape index (κ3) is 3.64. The molecule has 0 aliphatic carbocycles. The first-order valence-electron chi connectivity index (χ1n) is 5.59. The van der Waals surface area contributed by atoms with Crippen molar-refractivity contribution < 1.29 is 14.8 Å². The van der Waals surface area contributed by atoms with Gasteiger partial charge in [-0.25, -0.2) is 0 Å². The highest BCUT2D eigenvalue weighted by Gasteiger charge is 2.16. The second kappa shape index (κ2) is 6.30. The summed E-state index contributed by atoms with van der Waals surface area (Å²) >= 11 is 11.8. The van der Waals surface area contributed by atoms with Crippen LogP contribution in [0.2, 0.25) is 10.0 Å². The van der Waals surface area contributed by atoms with Crippen LogP contribution >= 0.6 is 23.2 Å². The van der Waals surface area contributed by atoms with Crippen LogP contribution in [0.15, 0.2) is 42.5 Å². The van der Waals surface area contributed by atoms with Gasteiger partial charge in [-0.2, -0.15) is 0 Å². The Kier molecular flexibility index (Phi) is 4.72. The minimum absolute atomic E-state index is 0.222. The van der Waals surface area contributed by atoms with Gasteiger partial charge in [0.15, 0.2) is 0 Å². The van der Waals surface area contributed by atoms with Gasteiger partial charge in [-0.1, -0.05) is 47.5 Å². The monoisotopic (exact) mass is 296 g/mol. The lowest BCUT2D eigenvalue weighted by atomic mass is 9.79. The van der Waals surface area contributed by atoms with Crippen molar-refractivity contribution in [2.75, 3.05) is 0 Å². The lowest BCUT2D eigenvalue weighted by molar-refractivity contribution is 0.307. The molecular formula is C13H11BCl2O3. The van der Waals surface area contributed by atoms with Crippen LogP contribution in [0.1, 0.15) is 5.56 Å². The van der Waals surface area contributed by atoms with E-state index in [1.807, 2.05) is 0 Å². The first-order chi connectivity index (χ1) is 9.08. The van der Waals surface area contributed by atoms with Crippen LogP contribution in [-0.2, 0) is 6.61 Å². The fourth-order valence-corrected chi connectivity index (χ4v) is 2.08. The summed E-state index contributed by atoms with van der Waals surface area (Å²) in [5, 5.41) is 19.5. The quantitative estimate of drug-likeness (QED) is 0.851. The van der Waals surface area contributed by atoms with E-state index in [0.29, 0.717) is 21.3 Å². The van der Waals surface area contributed by atoms with Crippen molar-refractivity contribution in [1.82, 2.24) is 0 Å². The van der Waals surface area contributed by atoms with Crippen LogP contribution < -0.4 is 10.2 Å². The number of para-hydroxylation sites is 1. The highest BCUT2D eigenvalue weighted by atomic mass is 35.5. The van der Waals surface area contributed by atoms with Crippen molar-refractivity contribution in [2.24, 2.45) is 0 Å². The van der Waals surface area contributed by atoms with Gasteiger partial charge in [0.25, 0.3) is 0 Å². The largest absolute Gasteiger partial charge is 0.492 e. The van der Waals surface area contributed by atoms with Gasteiger partial charge < -0.3 is 14.8 Å². The highest BCUT2D eigenvalue weighted by molar-refractivity contribution is 6.59. The molecule has 3 nitrogen and oxygen atoms in total. The molecule has 0 fully saturated rings. The second-order valence-corrected chi connectivity index (χ2v) is 4.78.